The number of carbonyl (C=O) groups excluding carboxylic acids is 1. The van der Waals surface area contributed by atoms with Gasteiger partial charge in [0.1, 0.15) is 5.76 Å². The predicted octanol–water partition coefficient (Wildman–Crippen LogP) is 4.25. The number of thioether (sulfide) groups is 1. The average Bonchev–Trinajstić information content (AvgIpc) is 3.44. The summed E-state index contributed by atoms with van der Waals surface area (Å²) in [5.74, 6) is 1.66. The number of furan rings is 1. The summed E-state index contributed by atoms with van der Waals surface area (Å²) in [5.41, 5.74) is 0.877. The summed E-state index contributed by atoms with van der Waals surface area (Å²) in [6, 6.07) is 7.96. The number of aromatic nitrogens is 4. The van der Waals surface area contributed by atoms with Crippen molar-refractivity contribution in [3.63, 3.8) is 0 Å². The normalized spacial score (nSPS) is 15.8. The number of amides is 1. The number of rotatable bonds is 7. The Morgan fingerprint density at radius 3 is 2.80 bits per heavy atom. The molecule has 1 atom stereocenters. The second-order valence-corrected chi connectivity index (χ2v) is 9.02. The molecule has 1 unspecified atom stereocenters. The Labute approximate surface area is 180 Å². The van der Waals surface area contributed by atoms with Gasteiger partial charge in [-0.05, 0) is 44.0 Å². The minimum atomic E-state index is -0.252. The average molecular weight is 426 g/mol. The summed E-state index contributed by atoms with van der Waals surface area (Å²) >= 11 is 1.44. The smallest absolute Gasteiger partial charge is 0.235 e. The van der Waals surface area contributed by atoms with Gasteiger partial charge in [-0.25, -0.2) is 0 Å². The van der Waals surface area contributed by atoms with Crippen molar-refractivity contribution in [2.24, 2.45) is 0 Å². The van der Waals surface area contributed by atoms with E-state index in [2.05, 4.69) is 15.2 Å². The van der Waals surface area contributed by atoms with Gasteiger partial charge in [0.25, 0.3) is 0 Å². The second-order valence-electron chi connectivity index (χ2n) is 7.71. The molecule has 0 aromatic carbocycles. The molecule has 3 heterocycles. The van der Waals surface area contributed by atoms with Crippen LogP contribution in [0.3, 0.4) is 0 Å². The van der Waals surface area contributed by atoms with E-state index in [-0.39, 0.29) is 11.2 Å². The van der Waals surface area contributed by atoms with Crippen LogP contribution in [-0.4, -0.2) is 48.9 Å². The molecule has 8 heteroatoms. The second kappa shape index (κ2) is 9.47. The third-order valence-electron chi connectivity index (χ3n) is 5.63. The van der Waals surface area contributed by atoms with E-state index in [0.29, 0.717) is 23.6 Å². The number of nitrogens with zero attached hydrogens (tertiary/aromatic N) is 5. The number of carbonyl (C=O) groups is 1. The van der Waals surface area contributed by atoms with Crippen molar-refractivity contribution in [3.8, 4) is 11.4 Å². The Bertz CT molecular complexity index is 951. The molecular weight excluding hydrogens is 398 g/mol. The molecule has 158 valence electrons. The molecular formula is C22H27N5O2S. The van der Waals surface area contributed by atoms with Gasteiger partial charge in [-0.3, -0.25) is 14.3 Å². The first-order chi connectivity index (χ1) is 14.6. The molecule has 3 aromatic rings. The largest absolute Gasteiger partial charge is 0.467 e. The van der Waals surface area contributed by atoms with E-state index in [1.54, 1.807) is 18.7 Å². The zero-order chi connectivity index (χ0) is 20.9. The molecule has 1 aliphatic rings. The van der Waals surface area contributed by atoms with Crippen molar-refractivity contribution in [2.45, 2.75) is 62.0 Å². The van der Waals surface area contributed by atoms with E-state index in [9.17, 15) is 4.79 Å². The molecule has 0 aliphatic heterocycles. The maximum atomic E-state index is 13.1. The van der Waals surface area contributed by atoms with Crippen molar-refractivity contribution in [1.82, 2.24) is 24.6 Å². The Morgan fingerprint density at radius 2 is 2.10 bits per heavy atom. The first-order valence-electron chi connectivity index (χ1n) is 10.4. The molecule has 0 saturated heterocycles. The summed E-state index contributed by atoms with van der Waals surface area (Å²) in [7, 11) is 1.93. The lowest BCUT2D eigenvalue weighted by Crippen LogP contribution is -2.42. The summed E-state index contributed by atoms with van der Waals surface area (Å²) in [5, 5.41) is 9.25. The van der Waals surface area contributed by atoms with Gasteiger partial charge in [-0.15, -0.1) is 10.2 Å². The van der Waals surface area contributed by atoms with Crippen molar-refractivity contribution in [1.29, 1.82) is 0 Å². The molecule has 4 rings (SSSR count). The molecule has 0 spiro atoms. The summed E-state index contributed by atoms with van der Waals surface area (Å²) in [6.07, 6.45) is 11.0. The fraction of sp³-hybridized carbons (Fsp3) is 0.455. The number of hydrogen-bond donors (Lipinski definition) is 0. The van der Waals surface area contributed by atoms with E-state index in [1.165, 1.54) is 31.0 Å². The Kier molecular flexibility index (Phi) is 6.52. The first-order valence-corrected chi connectivity index (χ1v) is 11.3. The minimum Gasteiger partial charge on any atom is -0.467 e. The first kappa shape index (κ1) is 20.7. The standard InChI is InChI=1S/C22H27N5O2S/c1-16(21(28)26(2)18-9-4-3-5-10-18)30-22-25-24-20(17-8-6-12-23-14-17)27(22)15-19-11-7-13-29-19/h6-8,11-14,16,18H,3-5,9-10,15H2,1-2H3. The van der Waals surface area contributed by atoms with E-state index in [1.807, 2.05) is 47.7 Å². The van der Waals surface area contributed by atoms with E-state index in [0.717, 1.165) is 24.2 Å². The highest BCUT2D eigenvalue weighted by Gasteiger charge is 2.28. The van der Waals surface area contributed by atoms with Crippen LogP contribution in [0.15, 0.2) is 52.5 Å². The lowest BCUT2D eigenvalue weighted by Gasteiger charge is -2.32. The zero-order valence-corrected chi connectivity index (χ0v) is 18.2. The fourth-order valence-electron chi connectivity index (χ4n) is 3.93. The Balaban J connectivity index is 1.55. The Morgan fingerprint density at radius 1 is 1.27 bits per heavy atom. The van der Waals surface area contributed by atoms with Crippen LogP contribution in [-0.2, 0) is 11.3 Å². The van der Waals surface area contributed by atoms with E-state index < -0.39 is 0 Å². The SMILES string of the molecule is CC(Sc1nnc(-c2cccnc2)n1Cc1ccco1)C(=O)N(C)C1CCCCC1. The van der Waals surface area contributed by atoms with Gasteiger partial charge < -0.3 is 9.32 Å². The molecule has 0 N–H and O–H groups in total. The van der Waals surface area contributed by atoms with Gasteiger partial charge in [0, 0.05) is 31.0 Å². The van der Waals surface area contributed by atoms with Crippen molar-refractivity contribution in [2.75, 3.05) is 7.05 Å². The van der Waals surface area contributed by atoms with Crippen LogP contribution in [0.1, 0.15) is 44.8 Å². The highest BCUT2D eigenvalue weighted by molar-refractivity contribution is 8.00. The van der Waals surface area contributed by atoms with Gasteiger partial charge in [-0.2, -0.15) is 0 Å². The van der Waals surface area contributed by atoms with Crippen LogP contribution < -0.4 is 0 Å². The molecule has 1 fully saturated rings. The van der Waals surface area contributed by atoms with Crippen LogP contribution in [0.5, 0.6) is 0 Å². The molecule has 7 nitrogen and oxygen atoms in total. The third-order valence-corrected chi connectivity index (χ3v) is 6.70. The molecule has 0 bridgehead atoms. The van der Waals surface area contributed by atoms with E-state index >= 15 is 0 Å². The van der Waals surface area contributed by atoms with Gasteiger partial charge >= 0.3 is 0 Å². The fourth-order valence-corrected chi connectivity index (χ4v) is 4.88. The monoisotopic (exact) mass is 425 g/mol. The van der Waals surface area contributed by atoms with Gasteiger partial charge in [0.15, 0.2) is 11.0 Å². The number of pyridine rings is 1. The number of hydrogen-bond acceptors (Lipinski definition) is 6. The zero-order valence-electron chi connectivity index (χ0n) is 17.4. The van der Waals surface area contributed by atoms with Crippen LogP contribution in [0, 0.1) is 0 Å². The lowest BCUT2D eigenvalue weighted by atomic mass is 9.94. The van der Waals surface area contributed by atoms with Crippen LogP contribution in [0.2, 0.25) is 0 Å². The van der Waals surface area contributed by atoms with Crippen molar-refractivity contribution < 1.29 is 9.21 Å². The summed E-state index contributed by atoms with van der Waals surface area (Å²) < 4.78 is 7.54. The van der Waals surface area contributed by atoms with Gasteiger partial charge in [-0.1, -0.05) is 31.0 Å². The van der Waals surface area contributed by atoms with Crippen molar-refractivity contribution >= 4 is 17.7 Å². The highest BCUT2D eigenvalue weighted by atomic mass is 32.2. The van der Waals surface area contributed by atoms with Gasteiger partial charge in [0.2, 0.25) is 5.91 Å². The van der Waals surface area contributed by atoms with Crippen LogP contribution in [0.25, 0.3) is 11.4 Å². The quantitative estimate of drug-likeness (QED) is 0.527. The predicted molar refractivity (Wildman–Crippen MR) is 116 cm³/mol. The lowest BCUT2D eigenvalue weighted by molar-refractivity contribution is -0.131. The van der Waals surface area contributed by atoms with E-state index in [4.69, 9.17) is 4.42 Å². The third kappa shape index (κ3) is 4.59. The highest BCUT2D eigenvalue weighted by Crippen LogP contribution is 2.30. The molecule has 30 heavy (non-hydrogen) atoms. The Hall–Kier alpha value is -2.61. The maximum absolute atomic E-state index is 13.1. The topological polar surface area (TPSA) is 77.0 Å². The molecule has 1 amide bonds. The molecule has 1 saturated carbocycles. The maximum Gasteiger partial charge on any atom is 0.235 e. The van der Waals surface area contributed by atoms with Crippen LogP contribution in [0.4, 0.5) is 0 Å². The summed E-state index contributed by atoms with van der Waals surface area (Å²) in [4.78, 5) is 19.2. The van der Waals surface area contributed by atoms with Crippen molar-refractivity contribution in [3.05, 3.63) is 48.7 Å². The molecule has 0 radical (unpaired) electrons. The summed E-state index contributed by atoms with van der Waals surface area (Å²) in [6.45, 7) is 2.44. The molecule has 3 aromatic heterocycles. The van der Waals surface area contributed by atoms with Crippen LogP contribution >= 0.6 is 11.8 Å². The van der Waals surface area contributed by atoms with Gasteiger partial charge in [0.05, 0.1) is 18.1 Å². The molecule has 1 aliphatic carbocycles. The minimum absolute atomic E-state index is 0.141.